The average molecular weight is 375 g/mol. The molecule has 0 saturated carbocycles. The number of aryl methyl sites for hydroxylation is 1. The molecular formula is C19H19ClN2O2S. The summed E-state index contributed by atoms with van der Waals surface area (Å²) in [6, 6.07) is 8.17. The number of halogens is 1. The summed E-state index contributed by atoms with van der Waals surface area (Å²) in [5, 5.41) is 1.81. The van der Waals surface area contributed by atoms with E-state index >= 15 is 0 Å². The number of fused-ring (bicyclic) bond motifs is 2. The highest BCUT2D eigenvalue weighted by Gasteiger charge is 2.22. The van der Waals surface area contributed by atoms with Crippen LogP contribution in [0.2, 0.25) is 5.02 Å². The highest BCUT2D eigenvalue weighted by atomic mass is 35.5. The van der Waals surface area contributed by atoms with Crippen molar-refractivity contribution < 1.29 is 9.47 Å². The van der Waals surface area contributed by atoms with Crippen LogP contribution < -0.4 is 14.4 Å². The topological polar surface area (TPSA) is 34.6 Å². The van der Waals surface area contributed by atoms with Crippen molar-refractivity contribution in [2.75, 3.05) is 25.7 Å². The Morgan fingerprint density at radius 1 is 1.12 bits per heavy atom. The number of hydrogen-bond donors (Lipinski definition) is 0. The van der Waals surface area contributed by atoms with Crippen LogP contribution in [0, 0.1) is 6.92 Å². The normalized spacial score (nSPS) is 13.8. The van der Waals surface area contributed by atoms with Gasteiger partial charge in [-0.25, -0.2) is 4.98 Å². The van der Waals surface area contributed by atoms with Crippen LogP contribution in [0.1, 0.15) is 16.7 Å². The molecule has 0 fully saturated rings. The molecule has 1 aromatic heterocycles. The van der Waals surface area contributed by atoms with Crippen LogP contribution >= 0.6 is 22.9 Å². The fourth-order valence-electron chi connectivity index (χ4n) is 3.27. The van der Waals surface area contributed by atoms with Gasteiger partial charge in [0, 0.05) is 18.1 Å². The van der Waals surface area contributed by atoms with E-state index in [4.69, 9.17) is 26.1 Å². The molecule has 1 aliphatic heterocycles. The maximum absolute atomic E-state index is 6.24. The number of methoxy groups -OCH3 is 2. The lowest BCUT2D eigenvalue weighted by molar-refractivity contribution is 0.353. The molecule has 3 aromatic rings. The van der Waals surface area contributed by atoms with Gasteiger partial charge in [-0.05, 0) is 54.3 Å². The van der Waals surface area contributed by atoms with Gasteiger partial charge in [-0.2, -0.15) is 0 Å². The van der Waals surface area contributed by atoms with Gasteiger partial charge < -0.3 is 14.4 Å². The van der Waals surface area contributed by atoms with Crippen molar-refractivity contribution in [1.29, 1.82) is 0 Å². The molecule has 0 radical (unpaired) electrons. The number of anilines is 1. The minimum absolute atomic E-state index is 0.769. The van der Waals surface area contributed by atoms with Crippen LogP contribution in [0.4, 0.5) is 5.13 Å². The van der Waals surface area contributed by atoms with Gasteiger partial charge in [-0.15, -0.1) is 0 Å². The molecular weight excluding hydrogens is 356 g/mol. The Bertz CT molecular complexity index is 954. The predicted octanol–water partition coefficient (Wildman–Crippen LogP) is 4.84. The summed E-state index contributed by atoms with van der Waals surface area (Å²) in [5.74, 6) is 1.56. The third-order valence-corrected chi connectivity index (χ3v) is 6.22. The molecule has 2 aromatic carbocycles. The third kappa shape index (κ3) is 2.81. The summed E-state index contributed by atoms with van der Waals surface area (Å²) in [6.07, 6.45) is 0.964. The second-order valence-electron chi connectivity index (χ2n) is 6.16. The molecule has 2 heterocycles. The van der Waals surface area contributed by atoms with Gasteiger partial charge in [0.05, 0.1) is 24.4 Å². The van der Waals surface area contributed by atoms with Gasteiger partial charge in [0.15, 0.2) is 16.6 Å². The van der Waals surface area contributed by atoms with Crippen LogP contribution in [0.3, 0.4) is 0 Å². The van der Waals surface area contributed by atoms with E-state index in [1.165, 1.54) is 15.8 Å². The zero-order valence-electron chi connectivity index (χ0n) is 14.4. The summed E-state index contributed by atoms with van der Waals surface area (Å²) < 4.78 is 12.0. The first-order valence-electron chi connectivity index (χ1n) is 8.15. The zero-order chi connectivity index (χ0) is 17.6. The predicted molar refractivity (Wildman–Crippen MR) is 104 cm³/mol. The van der Waals surface area contributed by atoms with Crippen molar-refractivity contribution in [3.63, 3.8) is 0 Å². The van der Waals surface area contributed by atoms with E-state index in [0.29, 0.717) is 0 Å². The van der Waals surface area contributed by atoms with E-state index in [1.807, 2.05) is 13.0 Å². The van der Waals surface area contributed by atoms with Crippen LogP contribution in [0.25, 0.3) is 10.2 Å². The van der Waals surface area contributed by atoms with Gasteiger partial charge in [0.1, 0.15) is 0 Å². The lowest BCUT2D eigenvalue weighted by Gasteiger charge is -2.29. The SMILES string of the molecule is COc1cc2c(cc1OC)CN(c1nc3c(C)c(Cl)ccc3s1)CC2. The molecule has 0 aliphatic carbocycles. The van der Waals surface area contributed by atoms with Crippen molar-refractivity contribution in [2.45, 2.75) is 19.9 Å². The average Bonchev–Trinajstić information content (AvgIpc) is 3.08. The van der Waals surface area contributed by atoms with Gasteiger partial charge >= 0.3 is 0 Å². The molecule has 0 N–H and O–H groups in total. The molecule has 0 saturated heterocycles. The molecule has 4 rings (SSSR count). The summed E-state index contributed by atoms with van der Waals surface area (Å²) in [5.41, 5.74) is 4.63. The van der Waals surface area contributed by atoms with Crippen molar-refractivity contribution in [1.82, 2.24) is 4.98 Å². The number of aromatic nitrogens is 1. The largest absolute Gasteiger partial charge is 0.493 e. The molecule has 1 aliphatic rings. The molecule has 0 unspecified atom stereocenters. The molecule has 0 amide bonds. The Morgan fingerprint density at radius 2 is 1.84 bits per heavy atom. The molecule has 6 heteroatoms. The number of thiazole rings is 1. The van der Waals surface area contributed by atoms with E-state index in [9.17, 15) is 0 Å². The molecule has 0 bridgehead atoms. The minimum Gasteiger partial charge on any atom is -0.493 e. The maximum atomic E-state index is 6.24. The maximum Gasteiger partial charge on any atom is 0.186 e. The fraction of sp³-hybridized carbons (Fsp3) is 0.316. The van der Waals surface area contributed by atoms with E-state index in [-0.39, 0.29) is 0 Å². The summed E-state index contributed by atoms with van der Waals surface area (Å²) in [6.45, 7) is 3.79. The Hall–Kier alpha value is -1.98. The quantitative estimate of drug-likeness (QED) is 0.657. The second-order valence-corrected chi connectivity index (χ2v) is 7.58. The second kappa shape index (κ2) is 6.39. The van der Waals surface area contributed by atoms with Crippen LogP contribution in [-0.4, -0.2) is 25.7 Å². The Morgan fingerprint density at radius 3 is 2.56 bits per heavy atom. The highest BCUT2D eigenvalue weighted by molar-refractivity contribution is 7.22. The fourth-order valence-corrected chi connectivity index (χ4v) is 4.47. The Balaban J connectivity index is 1.69. The Labute approximate surface area is 156 Å². The lowest BCUT2D eigenvalue weighted by atomic mass is 9.99. The molecule has 130 valence electrons. The van der Waals surface area contributed by atoms with Gasteiger partial charge in [-0.1, -0.05) is 22.9 Å². The molecule has 25 heavy (non-hydrogen) atoms. The van der Waals surface area contributed by atoms with Crippen LogP contribution in [0.5, 0.6) is 11.5 Å². The minimum atomic E-state index is 0.769. The number of rotatable bonds is 3. The van der Waals surface area contributed by atoms with Crippen LogP contribution in [-0.2, 0) is 13.0 Å². The summed E-state index contributed by atoms with van der Waals surface area (Å²) >= 11 is 7.96. The van der Waals surface area contributed by atoms with E-state index in [1.54, 1.807) is 25.6 Å². The van der Waals surface area contributed by atoms with Crippen molar-refractivity contribution in [2.24, 2.45) is 0 Å². The number of benzene rings is 2. The molecule has 4 nitrogen and oxygen atoms in total. The monoisotopic (exact) mass is 374 g/mol. The van der Waals surface area contributed by atoms with Gasteiger partial charge in [0.2, 0.25) is 0 Å². The zero-order valence-corrected chi connectivity index (χ0v) is 16.0. The third-order valence-electron chi connectivity index (χ3n) is 4.73. The van der Waals surface area contributed by atoms with Crippen molar-refractivity contribution in [3.8, 4) is 11.5 Å². The van der Waals surface area contributed by atoms with E-state index in [0.717, 1.165) is 52.2 Å². The standard InChI is InChI=1S/C19H19ClN2O2S/c1-11-14(20)4-5-17-18(11)21-19(25-17)22-7-6-12-8-15(23-2)16(24-3)9-13(12)10-22/h4-5,8-9H,6-7,10H2,1-3H3. The van der Waals surface area contributed by atoms with Crippen molar-refractivity contribution in [3.05, 3.63) is 46.0 Å². The first-order chi connectivity index (χ1) is 12.1. The number of nitrogens with zero attached hydrogens (tertiary/aromatic N) is 2. The smallest absolute Gasteiger partial charge is 0.186 e. The first-order valence-corrected chi connectivity index (χ1v) is 9.34. The first kappa shape index (κ1) is 16.5. The summed E-state index contributed by atoms with van der Waals surface area (Å²) in [7, 11) is 3.35. The van der Waals surface area contributed by atoms with Crippen molar-refractivity contribution >= 4 is 38.3 Å². The summed E-state index contributed by atoms with van der Waals surface area (Å²) in [4.78, 5) is 7.18. The van der Waals surface area contributed by atoms with Gasteiger partial charge in [-0.3, -0.25) is 0 Å². The molecule has 0 spiro atoms. The van der Waals surface area contributed by atoms with Crippen LogP contribution in [0.15, 0.2) is 24.3 Å². The Kier molecular flexibility index (Phi) is 4.21. The van der Waals surface area contributed by atoms with E-state index < -0.39 is 0 Å². The molecule has 0 atom stereocenters. The lowest BCUT2D eigenvalue weighted by Crippen LogP contribution is -2.30. The van der Waals surface area contributed by atoms with Gasteiger partial charge in [0.25, 0.3) is 0 Å². The number of ether oxygens (including phenoxy) is 2. The number of hydrogen-bond acceptors (Lipinski definition) is 5. The highest BCUT2D eigenvalue weighted by Crippen LogP contribution is 2.37. The van der Waals surface area contributed by atoms with E-state index in [2.05, 4.69) is 23.1 Å².